The van der Waals surface area contributed by atoms with Gasteiger partial charge in [-0.05, 0) is 38.4 Å². The minimum Gasteiger partial charge on any atom is -0.304 e. The smallest absolute Gasteiger partial charge is 0.00162 e. The molecule has 0 heterocycles. The van der Waals surface area contributed by atoms with E-state index in [9.17, 15) is 0 Å². The van der Waals surface area contributed by atoms with Crippen LogP contribution in [0.4, 0.5) is 0 Å². The van der Waals surface area contributed by atoms with Crippen molar-refractivity contribution in [3.05, 3.63) is 0 Å². The van der Waals surface area contributed by atoms with Crippen molar-refractivity contribution < 1.29 is 0 Å². The standard InChI is InChI=1S/C14H29N/c1-3-5-12-15(4-2)13-11-14-9-7-6-8-10-14/h14H,3-13H2,1-2H3. The highest BCUT2D eigenvalue weighted by atomic mass is 15.1. The molecule has 1 aliphatic rings. The van der Waals surface area contributed by atoms with Gasteiger partial charge in [0.15, 0.2) is 0 Å². The van der Waals surface area contributed by atoms with E-state index in [0.29, 0.717) is 0 Å². The molecular weight excluding hydrogens is 182 g/mol. The van der Waals surface area contributed by atoms with Crippen LogP contribution in [0.2, 0.25) is 0 Å². The summed E-state index contributed by atoms with van der Waals surface area (Å²) >= 11 is 0. The summed E-state index contributed by atoms with van der Waals surface area (Å²) in [5, 5.41) is 0. The van der Waals surface area contributed by atoms with Crippen LogP contribution in [0.5, 0.6) is 0 Å². The summed E-state index contributed by atoms with van der Waals surface area (Å²) in [6, 6.07) is 0. The molecule has 0 aromatic carbocycles. The van der Waals surface area contributed by atoms with E-state index >= 15 is 0 Å². The predicted molar refractivity (Wildman–Crippen MR) is 68.2 cm³/mol. The summed E-state index contributed by atoms with van der Waals surface area (Å²) in [7, 11) is 0. The van der Waals surface area contributed by atoms with Crippen LogP contribution in [0, 0.1) is 5.92 Å². The molecular formula is C14H29N. The highest BCUT2D eigenvalue weighted by Gasteiger charge is 2.14. The molecule has 1 nitrogen and oxygen atoms in total. The minimum atomic E-state index is 1.05. The molecule has 90 valence electrons. The third kappa shape index (κ3) is 5.55. The Balaban J connectivity index is 2.09. The second-order valence-corrected chi connectivity index (χ2v) is 5.08. The maximum Gasteiger partial charge on any atom is -0.00162 e. The van der Waals surface area contributed by atoms with Gasteiger partial charge in [0.2, 0.25) is 0 Å². The highest BCUT2D eigenvalue weighted by Crippen LogP contribution is 2.26. The van der Waals surface area contributed by atoms with Crippen LogP contribution < -0.4 is 0 Å². The van der Waals surface area contributed by atoms with Crippen LogP contribution in [0.15, 0.2) is 0 Å². The average Bonchev–Trinajstić information content (AvgIpc) is 2.31. The fourth-order valence-corrected chi connectivity index (χ4v) is 2.65. The summed E-state index contributed by atoms with van der Waals surface area (Å²) < 4.78 is 0. The Morgan fingerprint density at radius 1 is 1.00 bits per heavy atom. The molecule has 15 heavy (non-hydrogen) atoms. The number of hydrogen-bond acceptors (Lipinski definition) is 1. The minimum absolute atomic E-state index is 1.05. The normalized spacial score (nSPS) is 18.6. The lowest BCUT2D eigenvalue weighted by Crippen LogP contribution is -2.27. The molecule has 0 spiro atoms. The van der Waals surface area contributed by atoms with Crippen molar-refractivity contribution in [3.63, 3.8) is 0 Å². The molecule has 1 fully saturated rings. The van der Waals surface area contributed by atoms with E-state index in [4.69, 9.17) is 0 Å². The molecule has 0 bridgehead atoms. The molecule has 0 aliphatic heterocycles. The maximum absolute atomic E-state index is 2.64. The van der Waals surface area contributed by atoms with Crippen LogP contribution >= 0.6 is 0 Å². The second-order valence-electron chi connectivity index (χ2n) is 5.08. The lowest BCUT2D eigenvalue weighted by atomic mass is 9.87. The fourth-order valence-electron chi connectivity index (χ4n) is 2.65. The van der Waals surface area contributed by atoms with Gasteiger partial charge in [0.25, 0.3) is 0 Å². The second kappa shape index (κ2) is 8.15. The molecule has 0 radical (unpaired) electrons. The number of unbranched alkanes of at least 4 members (excludes halogenated alkanes) is 1. The first-order valence-electron chi connectivity index (χ1n) is 7.09. The van der Waals surface area contributed by atoms with Gasteiger partial charge >= 0.3 is 0 Å². The van der Waals surface area contributed by atoms with Crippen molar-refractivity contribution in [2.45, 2.75) is 65.2 Å². The maximum atomic E-state index is 2.64. The Labute approximate surface area is 96.2 Å². The largest absolute Gasteiger partial charge is 0.304 e. The number of nitrogens with zero attached hydrogens (tertiary/aromatic N) is 1. The molecule has 0 aromatic heterocycles. The van der Waals surface area contributed by atoms with E-state index in [1.165, 1.54) is 71.0 Å². The molecule has 1 heteroatoms. The summed E-state index contributed by atoms with van der Waals surface area (Å²) in [5.41, 5.74) is 0. The van der Waals surface area contributed by atoms with Gasteiger partial charge in [-0.3, -0.25) is 0 Å². The highest BCUT2D eigenvalue weighted by molar-refractivity contribution is 4.68. The van der Waals surface area contributed by atoms with Gasteiger partial charge in [0, 0.05) is 0 Å². The van der Waals surface area contributed by atoms with E-state index in [1.807, 2.05) is 0 Å². The lowest BCUT2D eigenvalue weighted by Gasteiger charge is -2.26. The summed E-state index contributed by atoms with van der Waals surface area (Å²) in [6.45, 7) is 8.50. The first-order valence-corrected chi connectivity index (χ1v) is 7.09. The molecule has 0 aromatic rings. The van der Waals surface area contributed by atoms with Crippen LogP contribution in [0.25, 0.3) is 0 Å². The third-order valence-corrected chi connectivity index (χ3v) is 3.85. The van der Waals surface area contributed by atoms with Gasteiger partial charge in [-0.25, -0.2) is 0 Å². The molecule has 0 atom stereocenters. The summed E-state index contributed by atoms with van der Waals surface area (Å²) in [5.74, 6) is 1.05. The number of rotatable bonds is 7. The summed E-state index contributed by atoms with van der Waals surface area (Å²) in [6.07, 6.45) is 11.6. The van der Waals surface area contributed by atoms with E-state index in [0.717, 1.165) is 5.92 Å². The van der Waals surface area contributed by atoms with Crippen LogP contribution in [0.3, 0.4) is 0 Å². The molecule has 0 saturated heterocycles. The van der Waals surface area contributed by atoms with E-state index < -0.39 is 0 Å². The average molecular weight is 211 g/mol. The zero-order chi connectivity index (χ0) is 10.9. The van der Waals surface area contributed by atoms with Gasteiger partial charge in [0.1, 0.15) is 0 Å². The van der Waals surface area contributed by atoms with Crippen LogP contribution in [0.1, 0.15) is 65.2 Å². The van der Waals surface area contributed by atoms with Gasteiger partial charge in [-0.2, -0.15) is 0 Å². The van der Waals surface area contributed by atoms with Crippen LogP contribution in [-0.2, 0) is 0 Å². The molecule has 1 aliphatic carbocycles. The van der Waals surface area contributed by atoms with Crippen molar-refractivity contribution in [3.8, 4) is 0 Å². The monoisotopic (exact) mass is 211 g/mol. The predicted octanol–water partition coefficient (Wildman–Crippen LogP) is 4.08. The fraction of sp³-hybridized carbons (Fsp3) is 1.00. The SMILES string of the molecule is CCCCN(CC)CCC1CCCCC1. The molecule has 0 amide bonds. The summed E-state index contributed by atoms with van der Waals surface area (Å²) in [4.78, 5) is 2.64. The Hall–Kier alpha value is -0.0400. The lowest BCUT2D eigenvalue weighted by molar-refractivity contribution is 0.237. The molecule has 1 rings (SSSR count). The molecule has 0 N–H and O–H groups in total. The first-order chi connectivity index (χ1) is 7.36. The van der Waals surface area contributed by atoms with E-state index in [-0.39, 0.29) is 0 Å². The van der Waals surface area contributed by atoms with Gasteiger partial charge < -0.3 is 4.90 Å². The van der Waals surface area contributed by atoms with Crippen molar-refractivity contribution in [1.82, 2.24) is 4.90 Å². The Morgan fingerprint density at radius 2 is 1.73 bits per heavy atom. The quantitative estimate of drug-likeness (QED) is 0.613. The first kappa shape index (κ1) is 13.0. The Kier molecular flexibility index (Phi) is 7.08. The van der Waals surface area contributed by atoms with Crippen molar-refractivity contribution in [2.24, 2.45) is 5.92 Å². The molecule has 0 unspecified atom stereocenters. The van der Waals surface area contributed by atoms with Gasteiger partial charge in [0.05, 0.1) is 0 Å². The zero-order valence-electron chi connectivity index (χ0n) is 10.8. The topological polar surface area (TPSA) is 3.24 Å². The van der Waals surface area contributed by atoms with E-state index in [1.54, 1.807) is 0 Å². The molecule has 1 saturated carbocycles. The Morgan fingerprint density at radius 3 is 2.33 bits per heavy atom. The number of hydrogen-bond donors (Lipinski definition) is 0. The van der Waals surface area contributed by atoms with Gasteiger partial charge in [-0.15, -0.1) is 0 Å². The van der Waals surface area contributed by atoms with E-state index in [2.05, 4.69) is 18.7 Å². The van der Waals surface area contributed by atoms with Gasteiger partial charge in [-0.1, -0.05) is 52.4 Å². The zero-order valence-corrected chi connectivity index (χ0v) is 10.8. The van der Waals surface area contributed by atoms with Crippen molar-refractivity contribution in [1.29, 1.82) is 0 Å². The van der Waals surface area contributed by atoms with Crippen LogP contribution in [-0.4, -0.2) is 24.5 Å². The van der Waals surface area contributed by atoms with Crippen molar-refractivity contribution in [2.75, 3.05) is 19.6 Å². The van der Waals surface area contributed by atoms with Crippen molar-refractivity contribution >= 4 is 0 Å². The third-order valence-electron chi connectivity index (χ3n) is 3.85. The Bertz CT molecular complexity index is 138.